The second-order valence-corrected chi connectivity index (χ2v) is 4.26. The lowest BCUT2D eigenvalue weighted by atomic mass is 10.1. The first-order valence-electron chi connectivity index (χ1n) is 6.25. The van der Waals surface area contributed by atoms with Crippen LogP contribution in [-0.2, 0) is 11.3 Å². The van der Waals surface area contributed by atoms with Crippen LogP contribution in [0.25, 0.3) is 0 Å². The van der Waals surface area contributed by atoms with E-state index >= 15 is 0 Å². The first kappa shape index (κ1) is 16.4. The van der Waals surface area contributed by atoms with E-state index in [4.69, 9.17) is 14.6 Å². The van der Waals surface area contributed by atoms with Crippen LogP contribution in [0.15, 0.2) is 18.2 Å². The molecule has 0 aliphatic rings. The minimum Gasteiger partial charge on any atom is -0.490 e. The van der Waals surface area contributed by atoms with Gasteiger partial charge in [-0.1, -0.05) is 6.07 Å². The maximum absolute atomic E-state index is 11.0. The Kier molecular flexibility index (Phi) is 6.92. The fourth-order valence-electron chi connectivity index (χ4n) is 1.87. The first-order valence-corrected chi connectivity index (χ1v) is 6.25. The van der Waals surface area contributed by atoms with Crippen LogP contribution in [0.3, 0.4) is 0 Å². The van der Waals surface area contributed by atoms with Crippen LogP contribution in [-0.4, -0.2) is 55.5 Å². The summed E-state index contributed by atoms with van der Waals surface area (Å²) >= 11 is 0. The van der Waals surface area contributed by atoms with Gasteiger partial charge in [0.05, 0.1) is 25.2 Å². The van der Waals surface area contributed by atoms with Crippen molar-refractivity contribution < 1.29 is 19.5 Å². The van der Waals surface area contributed by atoms with Gasteiger partial charge in [-0.3, -0.25) is 15.0 Å². The van der Waals surface area contributed by atoms with Crippen molar-refractivity contribution in [3.8, 4) is 5.75 Å². The lowest BCUT2D eigenvalue weighted by Gasteiger charge is -2.20. The number of rotatable bonds is 9. The van der Waals surface area contributed by atoms with Gasteiger partial charge in [0.1, 0.15) is 0 Å². The number of hydrogen-bond acceptors (Lipinski definition) is 6. The number of nitro groups is 1. The summed E-state index contributed by atoms with van der Waals surface area (Å²) in [4.78, 5) is 12.5. The second kappa shape index (κ2) is 8.47. The van der Waals surface area contributed by atoms with Crippen molar-refractivity contribution in [1.29, 1.82) is 0 Å². The molecule has 0 radical (unpaired) electrons. The lowest BCUT2D eigenvalue weighted by molar-refractivity contribution is -0.385. The lowest BCUT2D eigenvalue weighted by Crippen LogP contribution is -2.29. The Morgan fingerprint density at radius 3 is 2.65 bits per heavy atom. The van der Waals surface area contributed by atoms with Crippen LogP contribution >= 0.6 is 0 Å². The Hall–Kier alpha value is -1.70. The van der Waals surface area contributed by atoms with Gasteiger partial charge in [-0.15, -0.1) is 0 Å². The Labute approximate surface area is 117 Å². The summed E-state index contributed by atoms with van der Waals surface area (Å²) in [5, 5.41) is 20.0. The number of aliphatic hydroxyl groups is 1. The number of nitrogens with zero attached hydrogens (tertiary/aromatic N) is 2. The molecule has 0 aliphatic carbocycles. The molecule has 0 unspecified atom stereocenters. The minimum absolute atomic E-state index is 0.0297. The molecule has 0 amide bonds. The van der Waals surface area contributed by atoms with E-state index in [0.717, 1.165) is 5.56 Å². The Morgan fingerprint density at radius 2 is 2.10 bits per heavy atom. The molecule has 1 rings (SSSR count). The summed E-state index contributed by atoms with van der Waals surface area (Å²) in [5.41, 5.74) is 0.739. The molecular weight excluding hydrogens is 264 g/mol. The fraction of sp³-hybridized carbons (Fsp3) is 0.538. The van der Waals surface area contributed by atoms with Gasteiger partial charge in [0.25, 0.3) is 0 Å². The highest BCUT2D eigenvalue weighted by Crippen LogP contribution is 2.27. The predicted octanol–water partition coefficient (Wildman–Crippen LogP) is 1.04. The molecule has 0 saturated carbocycles. The number of ether oxygens (including phenoxy) is 2. The zero-order valence-corrected chi connectivity index (χ0v) is 11.7. The predicted molar refractivity (Wildman–Crippen MR) is 73.9 cm³/mol. The minimum atomic E-state index is -0.464. The molecule has 1 aromatic carbocycles. The summed E-state index contributed by atoms with van der Waals surface area (Å²) in [6, 6.07) is 4.86. The molecule has 0 fully saturated rings. The smallest absolute Gasteiger partial charge is 0.311 e. The van der Waals surface area contributed by atoms with Crippen LogP contribution in [0.1, 0.15) is 5.56 Å². The molecule has 1 aromatic rings. The zero-order valence-electron chi connectivity index (χ0n) is 11.7. The average Bonchev–Trinajstić information content (AvgIpc) is 2.44. The zero-order chi connectivity index (χ0) is 15.0. The molecule has 0 saturated heterocycles. The van der Waals surface area contributed by atoms with E-state index in [-0.39, 0.29) is 18.0 Å². The van der Waals surface area contributed by atoms with E-state index < -0.39 is 4.92 Å². The van der Waals surface area contributed by atoms with E-state index in [0.29, 0.717) is 26.2 Å². The van der Waals surface area contributed by atoms with Crippen molar-refractivity contribution in [3.05, 3.63) is 33.9 Å². The van der Waals surface area contributed by atoms with Gasteiger partial charge in [0.2, 0.25) is 0 Å². The van der Waals surface area contributed by atoms with E-state index in [2.05, 4.69) is 0 Å². The third-order valence-electron chi connectivity index (χ3n) is 2.87. The number of methoxy groups -OCH3 is 2. The van der Waals surface area contributed by atoms with Crippen LogP contribution in [0.5, 0.6) is 5.75 Å². The van der Waals surface area contributed by atoms with Crippen molar-refractivity contribution in [2.24, 2.45) is 0 Å². The van der Waals surface area contributed by atoms with E-state index in [1.54, 1.807) is 19.2 Å². The van der Waals surface area contributed by atoms with Gasteiger partial charge in [-0.05, 0) is 11.6 Å². The molecular formula is C13H20N2O5. The molecule has 1 N–H and O–H groups in total. The van der Waals surface area contributed by atoms with Crippen LogP contribution in [0.2, 0.25) is 0 Å². The second-order valence-electron chi connectivity index (χ2n) is 4.26. The molecule has 0 atom stereocenters. The van der Waals surface area contributed by atoms with E-state index in [9.17, 15) is 10.1 Å². The molecule has 0 spiro atoms. The van der Waals surface area contributed by atoms with E-state index in [1.807, 2.05) is 4.90 Å². The van der Waals surface area contributed by atoms with Crippen molar-refractivity contribution >= 4 is 5.69 Å². The van der Waals surface area contributed by atoms with Crippen molar-refractivity contribution in [2.45, 2.75) is 6.54 Å². The average molecular weight is 284 g/mol. The Balaban J connectivity index is 2.84. The van der Waals surface area contributed by atoms with Crippen LogP contribution in [0, 0.1) is 10.1 Å². The van der Waals surface area contributed by atoms with Gasteiger partial charge in [-0.25, -0.2) is 0 Å². The summed E-state index contributed by atoms with van der Waals surface area (Å²) in [7, 11) is 3.01. The Morgan fingerprint density at radius 1 is 1.35 bits per heavy atom. The molecule has 7 nitrogen and oxygen atoms in total. The van der Waals surface area contributed by atoms with Crippen molar-refractivity contribution in [3.63, 3.8) is 0 Å². The molecule has 20 heavy (non-hydrogen) atoms. The molecule has 7 heteroatoms. The van der Waals surface area contributed by atoms with Crippen LogP contribution < -0.4 is 4.74 Å². The maximum Gasteiger partial charge on any atom is 0.311 e. The maximum atomic E-state index is 11.0. The highest BCUT2D eigenvalue weighted by molar-refractivity contribution is 5.48. The topological polar surface area (TPSA) is 85.1 Å². The molecule has 0 bridgehead atoms. The first-order chi connectivity index (χ1) is 9.62. The third-order valence-corrected chi connectivity index (χ3v) is 2.87. The monoisotopic (exact) mass is 284 g/mol. The highest BCUT2D eigenvalue weighted by atomic mass is 16.6. The highest BCUT2D eigenvalue weighted by Gasteiger charge is 2.16. The summed E-state index contributed by atoms with van der Waals surface area (Å²) in [6.07, 6.45) is 0. The molecule has 0 heterocycles. The van der Waals surface area contributed by atoms with Gasteiger partial charge in [-0.2, -0.15) is 0 Å². The van der Waals surface area contributed by atoms with E-state index in [1.165, 1.54) is 13.2 Å². The molecule has 112 valence electrons. The fourth-order valence-corrected chi connectivity index (χ4v) is 1.87. The van der Waals surface area contributed by atoms with Crippen LogP contribution in [0.4, 0.5) is 5.69 Å². The number of aliphatic hydroxyl groups excluding tert-OH is 1. The van der Waals surface area contributed by atoms with Crippen molar-refractivity contribution in [2.75, 3.05) is 40.5 Å². The third kappa shape index (κ3) is 4.76. The summed E-state index contributed by atoms with van der Waals surface area (Å²) in [5.74, 6) is 0.240. The van der Waals surface area contributed by atoms with Gasteiger partial charge in [0, 0.05) is 32.8 Å². The van der Waals surface area contributed by atoms with Crippen molar-refractivity contribution in [1.82, 2.24) is 4.90 Å². The van der Waals surface area contributed by atoms with Gasteiger partial charge in [0.15, 0.2) is 5.75 Å². The number of hydrogen-bond donors (Lipinski definition) is 1. The molecule has 0 aliphatic heterocycles. The Bertz CT molecular complexity index is 439. The quantitative estimate of drug-likeness (QED) is 0.539. The molecule has 0 aromatic heterocycles. The normalized spacial score (nSPS) is 10.8. The SMILES string of the molecule is COCCN(CCO)Cc1ccc(OC)c([N+](=O)[O-])c1. The standard InChI is InChI=1S/C13H20N2O5/c1-19-8-6-14(5-7-16)10-11-3-4-13(20-2)12(9-11)15(17)18/h3-4,9,16H,5-8,10H2,1-2H3. The van der Waals surface area contributed by atoms with Gasteiger partial charge >= 0.3 is 5.69 Å². The largest absolute Gasteiger partial charge is 0.490 e. The number of nitro benzene ring substituents is 1. The number of benzene rings is 1. The summed E-state index contributed by atoms with van der Waals surface area (Å²) in [6.45, 7) is 2.22. The van der Waals surface area contributed by atoms with Gasteiger partial charge < -0.3 is 14.6 Å². The summed E-state index contributed by atoms with van der Waals surface area (Å²) < 4.78 is 9.97.